The van der Waals surface area contributed by atoms with E-state index in [0.29, 0.717) is 5.56 Å². The number of benzene rings is 1. The molecule has 0 N–H and O–H groups in total. The van der Waals surface area contributed by atoms with Gasteiger partial charge in [-0.25, -0.2) is 0 Å². The Labute approximate surface area is 87.5 Å². The fraction of sp³-hybridized carbons (Fsp3) is 0.333. The Bertz CT molecular complexity index is 345. The SMILES string of the molecule is Cc1cccc(SC(F)(F)C(F)(F)F)c1. The number of rotatable bonds is 2. The van der Waals surface area contributed by atoms with Gasteiger partial charge in [0.2, 0.25) is 0 Å². The summed E-state index contributed by atoms with van der Waals surface area (Å²) in [5.41, 5.74) is 0.637. The smallest absolute Gasteiger partial charge is 0.183 e. The van der Waals surface area contributed by atoms with Crippen LogP contribution in [0.4, 0.5) is 22.0 Å². The summed E-state index contributed by atoms with van der Waals surface area (Å²) in [5.74, 6) is 0. The van der Waals surface area contributed by atoms with Crippen molar-refractivity contribution >= 4 is 11.8 Å². The van der Waals surface area contributed by atoms with Crippen LogP contribution in [0, 0.1) is 6.92 Å². The lowest BCUT2D eigenvalue weighted by atomic mass is 10.2. The first-order chi connectivity index (χ1) is 6.72. The van der Waals surface area contributed by atoms with E-state index >= 15 is 0 Å². The van der Waals surface area contributed by atoms with Crippen LogP contribution in [0.2, 0.25) is 0 Å². The lowest BCUT2D eigenvalue weighted by molar-refractivity contribution is -0.237. The third kappa shape index (κ3) is 3.09. The molecule has 0 saturated heterocycles. The average Bonchev–Trinajstić information content (AvgIpc) is 2.00. The fourth-order valence-corrected chi connectivity index (χ4v) is 1.69. The predicted molar refractivity (Wildman–Crippen MR) is 48.0 cm³/mol. The van der Waals surface area contributed by atoms with Crippen molar-refractivity contribution in [2.24, 2.45) is 0 Å². The Morgan fingerprint density at radius 2 is 1.67 bits per heavy atom. The molecule has 0 aliphatic carbocycles. The molecule has 0 atom stereocenters. The highest BCUT2D eigenvalue weighted by Gasteiger charge is 2.58. The molecule has 0 amide bonds. The summed E-state index contributed by atoms with van der Waals surface area (Å²) in [7, 11) is 0. The zero-order chi connectivity index (χ0) is 11.7. The highest BCUT2D eigenvalue weighted by atomic mass is 32.2. The third-order valence-corrected chi connectivity index (χ3v) is 2.54. The molecule has 1 rings (SSSR count). The number of hydrogen-bond acceptors (Lipinski definition) is 1. The summed E-state index contributed by atoms with van der Waals surface area (Å²) < 4.78 is 60.7. The lowest BCUT2D eigenvalue weighted by Crippen LogP contribution is -2.32. The van der Waals surface area contributed by atoms with Crippen molar-refractivity contribution in [3.63, 3.8) is 0 Å². The second-order valence-corrected chi connectivity index (χ2v) is 4.12. The molecule has 0 aliphatic heterocycles. The van der Waals surface area contributed by atoms with Crippen LogP contribution in [0.1, 0.15) is 5.56 Å². The van der Waals surface area contributed by atoms with E-state index in [9.17, 15) is 22.0 Å². The molecule has 0 aromatic heterocycles. The molecule has 0 saturated carbocycles. The van der Waals surface area contributed by atoms with Crippen LogP contribution >= 0.6 is 11.8 Å². The van der Waals surface area contributed by atoms with Crippen LogP contribution in [-0.4, -0.2) is 11.4 Å². The van der Waals surface area contributed by atoms with E-state index in [2.05, 4.69) is 0 Å². The Balaban J connectivity index is 2.87. The maximum Gasteiger partial charge on any atom is 0.464 e. The van der Waals surface area contributed by atoms with Gasteiger partial charge in [0.05, 0.1) is 0 Å². The van der Waals surface area contributed by atoms with Gasteiger partial charge in [0, 0.05) is 4.90 Å². The minimum atomic E-state index is -5.53. The van der Waals surface area contributed by atoms with Gasteiger partial charge >= 0.3 is 11.4 Å². The molecule has 0 radical (unpaired) electrons. The van der Waals surface area contributed by atoms with Crippen molar-refractivity contribution in [3.8, 4) is 0 Å². The first kappa shape index (κ1) is 12.3. The molecule has 0 aliphatic rings. The summed E-state index contributed by atoms with van der Waals surface area (Å²) in [6, 6.07) is 5.56. The van der Waals surface area contributed by atoms with Gasteiger partial charge < -0.3 is 0 Å². The quantitative estimate of drug-likeness (QED) is 0.552. The topological polar surface area (TPSA) is 0 Å². The summed E-state index contributed by atoms with van der Waals surface area (Å²) in [5, 5.41) is -4.75. The zero-order valence-electron chi connectivity index (χ0n) is 7.61. The van der Waals surface area contributed by atoms with Crippen LogP contribution in [0.5, 0.6) is 0 Å². The second kappa shape index (κ2) is 4.00. The average molecular weight is 242 g/mol. The zero-order valence-corrected chi connectivity index (χ0v) is 8.42. The van der Waals surface area contributed by atoms with Crippen LogP contribution < -0.4 is 0 Å². The van der Waals surface area contributed by atoms with Crippen LogP contribution in [0.3, 0.4) is 0 Å². The van der Waals surface area contributed by atoms with Crippen molar-refractivity contribution in [3.05, 3.63) is 29.8 Å². The standard InChI is InChI=1S/C9H7F5S/c1-6-3-2-4-7(5-6)15-9(13,14)8(10,11)12/h2-5H,1H3. The van der Waals surface area contributed by atoms with Gasteiger partial charge in [0.25, 0.3) is 0 Å². The maximum absolute atomic E-state index is 12.6. The molecule has 15 heavy (non-hydrogen) atoms. The Hall–Kier alpha value is -0.780. The molecule has 0 bridgehead atoms. The van der Waals surface area contributed by atoms with Crippen LogP contribution in [-0.2, 0) is 0 Å². The van der Waals surface area contributed by atoms with Gasteiger partial charge in [0.15, 0.2) is 0 Å². The molecule has 0 spiro atoms. The fourth-order valence-electron chi connectivity index (χ4n) is 0.885. The van der Waals surface area contributed by atoms with Crippen LogP contribution in [0.15, 0.2) is 29.2 Å². The molecule has 1 aromatic carbocycles. The molecule has 0 heterocycles. The van der Waals surface area contributed by atoms with Gasteiger partial charge in [-0.2, -0.15) is 22.0 Å². The van der Waals surface area contributed by atoms with E-state index in [1.165, 1.54) is 18.2 Å². The van der Waals surface area contributed by atoms with Crippen molar-refractivity contribution in [1.82, 2.24) is 0 Å². The highest BCUT2D eigenvalue weighted by molar-refractivity contribution is 8.00. The van der Waals surface area contributed by atoms with Gasteiger partial charge in [-0.05, 0) is 30.8 Å². The summed E-state index contributed by atoms with van der Waals surface area (Å²) in [4.78, 5) is -0.0997. The van der Waals surface area contributed by atoms with Crippen LogP contribution in [0.25, 0.3) is 0 Å². The van der Waals surface area contributed by atoms with Crippen molar-refractivity contribution in [1.29, 1.82) is 0 Å². The summed E-state index contributed by atoms with van der Waals surface area (Å²) >= 11 is -0.491. The molecule has 84 valence electrons. The molecule has 0 nitrogen and oxygen atoms in total. The van der Waals surface area contributed by atoms with E-state index in [1.807, 2.05) is 0 Å². The molecule has 1 aromatic rings. The van der Waals surface area contributed by atoms with Gasteiger partial charge in [-0.1, -0.05) is 17.7 Å². The van der Waals surface area contributed by atoms with Crippen molar-refractivity contribution < 1.29 is 22.0 Å². The number of alkyl halides is 5. The van der Waals surface area contributed by atoms with E-state index < -0.39 is 23.2 Å². The van der Waals surface area contributed by atoms with Crippen molar-refractivity contribution in [2.75, 3.05) is 0 Å². The van der Waals surface area contributed by atoms with E-state index in [0.717, 1.165) is 0 Å². The number of halogens is 5. The van der Waals surface area contributed by atoms with Gasteiger partial charge in [-0.3, -0.25) is 0 Å². The molecular formula is C9H7F5S. The minimum Gasteiger partial charge on any atom is -0.183 e. The second-order valence-electron chi connectivity index (χ2n) is 2.93. The lowest BCUT2D eigenvalue weighted by Gasteiger charge is -2.18. The minimum absolute atomic E-state index is 0.0997. The monoisotopic (exact) mass is 242 g/mol. The Kier molecular flexibility index (Phi) is 3.28. The summed E-state index contributed by atoms with van der Waals surface area (Å²) in [6.07, 6.45) is -5.53. The normalized spacial score (nSPS) is 12.9. The molecular weight excluding hydrogens is 235 g/mol. The summed E-state index contributed by atoms with van der Waals surface area (Å²) in [6.45, 7) is 1.62. The number of hydrogen-bond donors (Lipinski definition) is 0. The first-order valence-corrected chi connectivity index (χ1v) is 4.74. The Morgan fingerprint density at radius 3 is 2.13 bits per heavy atom. The largest absolute Gasteiger partial charge is 0.464 e. The number of thioether (sulfide) groups is 1. The van der Waals surface area contributed by atoms with Gasteiger partial charge in [0.1, 0.15) is 0 Å². The van der Waals surface area contributed by atoms with E-state index in [4.69, 9.17) is 0 Å². The highest BCUT2D eigenvalue weighted by Crippen LogP contribution is 2.47. The van der Waals surface area contributed by atoms with Gasteiger partial charge in [-0.15, -0.1) is 0 Å². The molecule has 6 heteroatoms. The van der Waals surface area contributed by atoms with E-state index in [1.54, 1.807) is 13.0 Å². The predicted octanol–water partition coefficient (Wildman–Crippen LogP) is 4.24. The Morgan fingerprint density at radius 1 is 1.07 bits per heavy atom. The van der Waals surface area contributed by atoms with E-state index in [-0.39, 0.29) is 4.90 Å². The first-order valence-electron chi connectivity index (χ1n) is 3.92. The maximum atomic E-state index is 12.6. The number of aryl methyl sites for hydroxylation is 1. The van der Waals surface area contributed by atoms with Crippen molar-refractivity contribution in [2.45, 2.75) is 23.3 Å². The molecule has 0 fully saturated rings. The third-order valence-electron chi connectivity index (χ3n) is 1.57. The molecule has 0 unspecified atom stereocenters.